The van der Waals surface area contributed by atoms with Crippen molar-refractivity contribution in [3.05, 3.63) is 48.7 Å². The highest BCUT2D eigenvalue weighted by atomic mass is 31.2. The van der Waals surface area contributed by atoms with E-state index in [0.29, 0.717) is 17.6 Å². The molecule has 1 aliphatic rings. The fraction of sp³-hybridized carbons (Fsp3) is 0.350. The highest BCUT2D eigenvalue weighted by molar-refractivity contribution is 7.50. The standard InChI is InChI=1S/C20H24N7O6P/c21-18-15-19(24-9-23-18)27(10-25-15)20-17(29)16(28)14(33-20)8-32-34(30,31)26-6-5-11-7-22-13-4-2-1-3-12(11)13/h1-4,7,9-10,14,16-17,20,22,28-29H,5-6,8H2,(H2,21,23,24)(H2,26,30,31)/t14-,16-,17-,20-/m1/s1. The number of fused-ring (bicyclic) bond motifs is 2. The third kappa shape index (κ3) is 4.30. The number of anilines is 1. The number of nitrogens with one attached hydrogen (secondary N) is 2. The van der Waals surface area contributed by atoms with E-state index in [1.54, 1.807) is 0 Å². The van der Waals surface area contributed by atoms with Gasteiger partial charge in [0.1, 0.15) is 30.2 Å². The summed E-state index contributed by atoms with van der Waals surface area (Å²) in [7, 11) is -4.18. The van der Waals surface area contributed by atoms with Crippen molar-refractivity contribution in [3.8, 4) is 0 Å². The predicted octanol–water partition coefficient (Wildman–Crippen LogP) is 0.458. The van der Waals surface area contributed by atoms with Crippen LogP contribution in [-0.2, 0) is 20.2 Å². The molecule has 3 aromatic heterocycles. The number of aromatic nitrogens is 5. The fourth-order valence-electron chi connectivity index (χ4n) is 4.04. The lowest BCUT2D eigenvalue weighted by Gasteiger charge is -2.18. The molecular formula is C20H24N7O6P. The molecule has 0 radical (unpaired) electrons. The maximum absolute atomic E-state index is 12.4. The number of nitrogen functional groups attached to an aromatic ring is 1. The molecule has 34 heavy (non-hydrogen) atoms. The first-order valence-electron chi connectivity index (χ1n) is 10.6. The summed E-state index contributed by atoms with van der Waals surface area (Å²) in [5, 5.41) is 24.4. The number of rotatable bonds is 8. The predicted molar refractivity (Wildman–Crippen MR) is 121 cm³/mol. The number of para-hydroxylation sites is 1. The maximum atomic E-state index is 12.4. The Morgan fingerprint density at radius 2 is 2.06 bits per heavy atom. The van der Waals surface area contributed by atoms with Gasteiger partial charge in [0.15, 0.2) is 17.7 Å². The molecule has 1 fully saturated rings. The van der Waals surface area contributed by atoms with E-state index in [0.717, 1.165) is 16.5 Å². The second-order valence-corrected chi connectivity index (χ2v) is 9.58. The molecule has 13 nitrogen and oxygen atoms in total. The summed E-state index contributed by atoms with van der Waals surface area (Å²) in [6.45, 7) is -0.233. The van der Waals surface area contributed by atoms with Gasteiger partial charge in [-0.2, -0.15) is 0 Å². The van der Waals surface area contributed by atoms with E-state index in [-0.39, 0.29) is 12.4 Å². The van der Waals surface area contributed by atoms with Crippen LogP contribution in [0.15, 0.2) is 43.1 Å². The van der Waals surface area contributed by atoms with Crippen LogP contribution in [0.5, 0.6) is 0 Å². The summed E-state index contributed by atoms with van der Waals surface area (Å²) in [6.07, 6.45) is 0.144. The van der Waals surface area contributed by atoms with E-state index in [9.17, 15) is 19.7 Å². The van der Waals surface area contributed by atoms with Crippen LogP contribution in [0.1, 0.15) is 11.8 Å². The zero-order valence-corrected chi connectivity index (χ0v) is 18.7. The molecule has 0 saturated carbocycles. The Morgan fingerprint density at radius 1 is 1.24 bits per heavy atom. The minimum atomic E-state index is -4.18. The largest absolute Gasteiger partial charge is 0.403 e. The van der Waals surface area contributed by atoms with Gasteiger partial charge in [0.25, 0.3) is 0 Å². The van der Waals surface area contributed by atoms with Crippen molar-refractivity contribution < 1.29 is 28.9 Å². The number of aliphatic hydroxyl groups excluding tert-OH is 2. The van der Waals surface area contributed by atoms with Gasteiger partial charge in [-0.1, -0.05) is 18.2 Å². The van der Waals surface area contributed by atoms with Gasteiger partial charge in [0, 0.05) is 23.6 Å². The van der Waals surface area contributed by atoms with Crippen molar-refractivity contribution in [1.29, 1.82) is 0 Å². The second-order valence-electron chi connectivity index (χ2n) is 7.96. The average molecular weight is 489 g/mol. The number of nitrogens with zero attached hydrogens (tertiary/aromatic N) is 4. The van der Waals surface area contributed by atoms with E-state index >= 15 is 0 Å². The SMILES string of the molecule is Nc1ncnc2c1ncn2[C@@H]1O[C@H](COP(=O)(O)NCCc2c[nH]c3ccccc23)[C@@H](O)[C@H]1O. The quantitative estimate of drug-likeness (QED) is 0.188. The molecule has 1 unspecified atom stereocenters. The summed E-state index contributed by atoms with van der Waals surface area (Å²) in [5.41, 5.74) is 8.41. The fourth-order valence-corrected chi connectivity index (χ4v) is 4.88. The molecule has 0 spiro atoms. The normalized spacial score (nSPS) is 24.7. The maximum Gasteiger partial charge on any atom is 0.403 e. The van der Waals surface area contributed by atoms with Gasteiger partial charge < -0.3 is 30.6 Å². The van der Waals surface area contributed by atoms with Crippen LogP contribution in [0, 0.1) is 0 Å². The van der Waals surface area contributed by atoms with Crippen LogP contribution in [0.4, 0.5) is 5.82 Å². The average Bonchev–Trinajstić information content (AvgIpc) is 3.50. The third-order valence-electron chi connectivity index (χ3n) is 5.79. The lowest BCUT2D eigenvalue weighted by atomic mass is 10.1. The molecule has 1 aromatic carbocycles. The van der Waals surface area contributed by atoms with Crippen LogP contribution in [-0.4, -0.2) is 71.1 Å². The van der Waals surface area contributed by atoms with E-state index in [1.807, 2.05) is 30.5 Å². The lowest BCUT2D eigenvalue weighted by Crippen LogP contribution is -2.34. The number of ether oxygens (including phenoxy) is 1. The van der Waals surface area contributed by atoms with Crippen LogP contribution >= 0.6 is 7.75 Å². The molecule has 5 rings (SSSR count). The monoisotopic (exact) mass is 489 g/mol. The van der Waals surface area contributed by atoms with E-state index in [4.69, 9.17) is 15.0 Å². The molecule has 4 aromatic rings. The Bertz CT molecular complexity index is 1360. The number of hydrogen-bond donors (Lipinski definition) is 6. The molecule has 1 saturated heterocycles. The van der Waals surface area contributed by atoms with Crippen molar-refractivity contribution >= 4 is 35.6 Å². The summed E-state index contributed by atoms with van der Waals surface area (Å²) in [6, 6.07) is 7.78. The Labute approximate surface area is 193 Å². The van der Waals surface area contributed by atoms with E-state index < -0.39 is 38.9 Å². The van der Waals surface area contributed by atoms with Gasteiger partial charge in [0.05, 0.1) is 12.9 Å². The Kier molecular flexibility index (Phi) is 6.08. The van der Waals surface area contributed by atoms with Crippen LogP contribution in [0.2, 0.25) is 0 Å². The molecule has 5 atom stereocenters. The van der Waals surface area contributed by atoms with Gasteiger partial charge in [-0.3, -0.25) is 9.09 Å². The molecule has 0 bridgehead atoms. The highest BCUT2D eigenvalue weighted by Gasteiger charge is 2.45. The number of H-pyrrole nitrogens is 1. The van der Waals surface area contributed by atoms with Crippen LogP contribution in [0.3, 0.4) is 0 Å². The summed E-state index contributed by atoms with van der Waals surface area (Å²) in [4.78, 5) is 25.4. The lowest BCUT2D eigenvalue weighted by molar-refractivity contribution is -0.0487. The first kappa shape index (κ1) is 22.9. The Balaban J connectivity index is 1.18. The summed E-state index contributed by atoms with van der Waals surface area (Å²) < 4.78 is 24.7. The first-order valence-corrected chi connectivity index (χ1v) is 12.1. The molecule has 180 valence electrons. The van der Waals surface area contributed by atoms with Gasteiger partial charge in [-0.15, -0.1) is 0 Å². The molecule has 1 aliphatic heterocycles. The second kappa shape index (κ2) is 9.04. The van der Waals surface area contributed by atoms with Crippen molar-refractivity contribution in [3.63, 3.8) is 0 Å². The molecule has 0 aliphatic carbocycles. The third-order valence-corrected chi connectivity index (χ3v) is 6.92. The first-order chi connectivity index (χ1) is 16.3. The molecule has 7 N–H and O–H groups in total. The molecule has 4 heterocycles. The molecule has 0 amide bonds. The Hall–Kier alpha value is -2.90. The number of aliphatic hydroxyl groups is 2. The number of imidazole rings is 1. The van der Waals surface area contributed by atoms with Crippen molar-refractivity contribution in [1.82, 2.24) is 29.6 Å². The van der Waals surface area contributed by atoms with Crippen molar-refractivity contribution in [2.24, 2.45) is 0 Å². The van der Waals surface area contributed by atoms with Crippen LogP contribution in [0.25, 0.3) is 22.1 Å². The van der Waals surface area contributed by atoms with Crippen molar-refractivity contribution in [2.45, 2.75) is 31.0 Å². The highest BCUT2D eigenvalue weighted by Crippen LogP contribution is 2.39. The number of hydrogen-bond acceptors (Lipinski definition) is 9. The Morgan fingerprint density at radius 3 is 2.91 bits per heavy atom. The van der Waals surface area contributed by atoms with Gasteiger partial charge >= 0.3 is 7.75 Å². The van der Waals surface area contributed by atoms with E-state index in [1.165, 1.54) is 17.2 Å². The summed E-state index contributed by atoms with van der Waals surface area (Å²) >= 11 is 0. The minimum absolute atomic E-state index is 0.164. The smallest absolute Gasteiger partial charge is 0.387 e. The topological polar surface area (TPSA) is 194 Å². The number of aromatic amines is 1. The minimum Gasteiger partial charge on any atom is -0.387 e. The van der Waals surface area contributed by atoms with Gasteiger partial charge in [0.2, 0.25) is 0 Å². The van der Waals surface area contributed by atoms with Crippen molar-refractivity contribution in [2.75, 3.05) is 18.9 Å². The number of benzene rings is 1. The zero-order chi connectivity index (χ0) is 23.9. The van der Waals surface area contributed by atoms with Crippen LogP contribution < -0.4 is 10.8 Å². The number of nitrogens with two attached hydrogens (primary N) is 1. The van der Waals surface area contributed by atoms with Gasteiger partial charge in [-0.05, 0) is 18.1 Å². The summed E-state index contributed by atoms with van der Waals surface area (Å²) in [5.74, 6) is 0.164. The molecule has 14 heteroatoms. The molecular weight excluding hydrogens is 465 g/mol. The zero-order valence-electron chi connectivity index (χ0n) is 17.9. The van der Waals surface area contributed by atoms with E-state index in [2.05, 4.69) is 25.0 Å². The van der Waals surface area contributed by atoms with Gasteiger partial charge in [-0.25, -0.2) is 24.6 Å².